The molecule has 0 rings (SSSR count). The van der Waals surface area contributed by atoms with Crippen LogP contribution in [0.4, 0.5) is 0 Å². The largest absolute Gasteiger partial charge is 0.545 e. The maximum Gasteiger partial charge on any atom is 0.306 e. The smallest absolute Gasteiger partial charge is 0.306 e. The molecule has 0 spiro atoms. The molecule has 0 heterocycles. The van der Waals surface area contributed by atoms with Gasteiger partial charge in [0.25, 0.3) is 0 Å². The normalized spacial score (nSPS) is 13.5. The van der Waals surface area contributed by atoms with Crippen LogP contribution < -0.4 is 5.11 Å². The van der Waals surface area contributed by atoms with Gasteiger partial charge in [0.05, 0.1) is 40.3 Å². The second-order valence-electron chi connectivity index (χ2n) is 18.8. The highest BCUT2D eigenvalue weighted by Crippen LogP contribution is 2.14. The van der Waals surface area contributed by atoms with E-state index in [1.165, 1.54) is 89.9 Å². The molecule has 0 aromatic heterocycles. The van der Waals surface area contributed by atoms with Crippen molar-refractivity contribution in [2.75, 3.05) is 47.5 Å². The molecular weight excluding hydrogens is 839 g/mol. The lowest BCUT2D eigenvalue weighted by molar-refractivity contribution is -0.870. The van der Waals surface area contributed by atoms with Crippen molar-refractivity contribution in [1.82, 2.24) is 0 Å². The zero-order valence-corrected chi connectivity index (χ0v) is 43.5. The van der Waals surface area contributed by atoms with Gasteiger partial charge in [-0.1, -0.05) is 189 Å². The Kier molecular flexibility index (Phi) is 46.3. The number of carbonyl (C=O) groups excluding carboxylic acids is 3. The molecule has 0 saturated heterocycles. The van der Waals surface area contributed by atoms with Crippen LogP contribution in [0, 0.1) is 0 Å². The van der Waals surface area contributed by atoms with E-state index in [1.807, 2.05) is 21.1 Å². The van der Waals surface area contributed by atoms with E-state index in [2.05, 4.69) is 98.9 Å². The third-order valence-corrected chi connectivity index (χ3v) is 11.1. The molecule has 0 amide bonds. The molecule has 9 heteroatoms. The zero-order valence-electron chi connectivity index (χ0n) is 43.5. The summed E-state index contributed by atoms with van der Waals surface area (Å²) in [6.07, 6.45) is 60.4. The highest BCUT2D eigenvalue weighted by atomic mass is 16.7. The van der Waals surface area contributed by atoms with Gasteiger partial charge < -0.3 is 33.3 Å². The van der Waals surface area contributed by atoms with E-state index in [0.29, 0.717) is 17.4 Å². The molecule has 0 aliphatic carbocycles. The van der Waals surface area contributed by atoms with Crippen LogP contribution in [0.2, 0.25) is 0 Å². The molecule has 0 fully saturated rings. The number of nitrogens with zero attached hydrogens (tertiary/aromatic N) is 1. The molecule has 0 bridgehead atoms. The molecule has 0 aliphatic rings. The van der Waals surface area contributed by atoms with E-state index in [-0.39, 0.29) is 38.6 Å². The number of carbonyl (C=O) groups is 3. The lowest BCUT2D eigenvalue weighted by atomic mass is 10.1. The molecular formula is C58H99NO8. The van der Waals surface area contributed by atoms with Crippen LogP contribution in [0.5, 0.6) is 0 Å². The van der Waals surface area contributed by atoms with Crippen LogP contribution in [-0.4, -0.2) is 82.3 Å². The highest BCUT2D eigenvalue weighted by molar-refractivity contribution is 5.70. The maximum atomic E-state index is 12.8. The fraction of sp³-hybridized carbons (Fsp3) is 0.707. The fourth-order valence-corrected chi connectivity index (χ4v) is 7.00. The number of unbranched alkanes of at least 4 members (excludes halogenated alkanes) is 19. The minimum Gasteiger partial charge on any atom is -0.545 e. The van der Waals surface area contributed by atoms with Crippen LogP contribution in [0.25, 0.3) is 0 Å². The number of hydrogen-bond donors (Lipinski definition) is 0. The highest BCUT2D eigenvalue weighted by Gasteiger charge is 2.22. The minimum atomic E-state index is -1.63. The molecule has 2 atom stereocenters. The van der Waals surface area contributed by atoms with E-state index in [0.717, 1.165) is 83.5 Å². The van der Waals surface area contributed by atoms with Gasteiger partial charge in [-0.25, -0.2) is 0 Å². The summed E-state index contributed by atoms with van der Waals surface area (Å²) in [6.45, 7) is 4.59. The van der Waals surface area contributed by atoms with E-state index in [1.54, 1.807) is 0 Å². The number of rotatable bonds is 48. The van der Waals surface area contributed by atoms with Crippen LogP contribution in [0.15, 0.2) is 85.1 Å². The van der Waals surface area contributed by atoms with Gasteiger partial charge >= 0.3 is 11.9 Å². The van der Waals surface area contributed by atoms with Gasteiger partial charge in [0.2, 0.25) is 0 Å². The van der Waals surface area contributed by atoms with Crippen molar-refractivity contribution in [3.8, 4) is 0 Å². The van der Waals surface area contributed by atoms with Gasteiger partial charge in [0.1, 0.15) is 13.2 Å². The molecule has 0 radical (unpaired) electrons. The van der Waals surface area contributed by atoms with Crippen molar-refractivity contribution >= 4 is 17.9 Å². The summed E-state index contributed by atoms with van der Waals surface area (Å²) in [6, 6.07) is 0. The van der Waals surface area contributed by atoms with Gasteiger partial charge in [-0.05, 0) is 89.9 Å². The topological polar surface area (TPSA) is 111 Å². The molecule has 0 N–H and O–H groups in total. The number of quaternary nitrogens is 1. The molecule has 384 valence electrons. The lowest BCUT2D eigenvalue weighted by Gasteiger charge is -2.26. The van der Waals surface area contributed by atoms with Gasteiger partial charge in [-0.3, -0.25) is 9.59 Å². The predicted molar refractivity (Wildman–Crippen MR) is 278 cm³/mol. The Hall–Kier alpha value is -3.53. The Labute approximate surface area is 410 Å². The summed E-state index contributed by atoms with van der Waals surface area (Å²) < 4.78 is 22.6. The van der Waals surface area contributed by atoms with E-state index >= 15 is 0 Å². The van der Waals surface area contributed by atoms with Crippen LogP contribution in [-0.2, 0) is 33.3 Å². The standard InChI is InChI=1S/C58H99NO8/c1-6-8-10-12-14-16-18-20-22-24-26-27-28-29-31-33-35-37-39-41-43-45-47-49-56(61)67-54(53-66-58(57(62)63)64-51-50-59(3,4)5)52-65-55(60)48-46-44-42-40-38-36-34-32-30-25-23-21-19-17-15-13-11-9-7-2/h8,10,14,16,20-23,26-27,29,31,35,37,54,58H,6-7,9,11-13,15,17-19,24-25,28,30,32-34,36,38-53H2,1-5H3/b10-8-,16-14-,22-20-,23-21-,27-26-,31-29-,37-35-. The molecule has 67 heavy (non-hydrogen) atoms. The number of hydrogen-bond acceptors (Lipinski definition) is 8. The van der Waals surface area contributed by atoms with Gasteiger partial charge in [-0.2, -0.15) is 0 Å². The monoisotopic (exact) mass is 938 g/mol. The molecule has 0 aromatic rings. The number of carboxylic acid groups (broad SMARTS) is 1. The van der Waals surface area contributed by atoms with Crippen molar-refractivity contribution in [3.05, 3.63) is 85.1 Å². The number of carboxylic acids is 1. The number of ether oxygens (including phenoxy) is 4. The summed E-state index contributed by atoms with van der Waals surface area (Å²) in [4.78, 5) is 37.2. The Morgan fingerprint density at radius 3 is 1.28 bits per heavy atom. The van der Waals surface area contributed by atoms with Crippen molar-refractivity contribution in [1.29, 1.82) is 0 Å². The first-order valence-electron chi connectivity index (χ1n) is 26.7. The number of aliphatic carboxylic acids is 1. The molecule has 0 saturated carbocycles. The minimum absolute atomic E-state index is 0.138. The molecule has 0 aromatic carbocycles. The van der Waals surface area contributed by atoms with E-state index < -0.39 is 24.3 Å². The Morgan fingerprint density at radius 1 is 0.463 bits per heavy atom. The average Bonchev–Trinajstić information content (AvgIpc) is 3.29. The number of likely N-dealkylation sites (N-methyl/N-ethyl adjacent to an activating group) is 1. The van der Waals surface area contributed by atoms with E-state index in [9.17, 15) is 19.5 Å². The summed E-state index contributed by atoms with van der Waals surface area (Å²) in [7, 11) is 5.90. The van der Waals surface area contributed by atoms with Gasteiger partial charge in [-0.15, -0.1) is 0 Å². The Balaban J connectivity index is 4.40. The molecule has 9 nitrogen and oxygen atoms in total. The van der Waals surface area contributed by atoms with Crippen LogP contribution in [0.1, 0.15) is 206 Å². The van der Waals surface area contributed by atoms with Crippen molar-refractivity contribution < 1.29 is 42.9 Å². The summed E-state index contributed by atoms with van der Waals surface area (Å²) >= 11 is 0. The Morgan fingerprint density at radius 2 is 0.851 bits per heavy atom. The van der Waals surface area contributed by atoms with Gasteiger partial charge in [0, 0.05) is 12.8 Å². The van der Waals surface area contributed by atoms with Crippen molar-refractivity contribution in [3.63, 3.8) is 0 Å². The third-order valence-electron chi connectivity index (χ3n) is 11.1. The van der Waals surface area contributed by atoms with E-state index in [4.69, 9.17) is 18.9 Å². The maximum absolute atomic E-state index is 12.8. The third kappa shape index (κ3) is 50.2. The number of allylic oxidation sites excluding steroid dienone is 14. The first-order valence-corrected chi connectivity index (χ1v) is 26.7. The van der Waals surface area contributed by atoms with Gasteiger partial charge in [0.15, 0.2) is 12.4 Å². The second kappa shape index (κ2) is 48.9. The predicted octanol–water partition coefficient (Wildman–Crippen LogP) is 13.9. The fourth-order valence-electron chi connectivity index (χ4n) is 7.00. The summed E-state index contributed by atoms with van der Waals surface area (Å²) in [5, 5.41) is 11.7. The average molecular weight is 938 g/mol. The zero-order chi connectivity index (χ0) is 49.2. The first kappa shape index (κ1) is 63.5. The van der Waals surface area contributed by atoms with Crippen LogP contribution in [0.3, 0.4) is 0 Å². The number of esters is 2. The molecule has 2 unspecified atom stereocenters. The Bertz CT molecular complexity index is 1370. The van der Waals surface area contributed by atoms with Crippen molar-refractivity contribution in [2.24, 2.45) is 0 Å². The second-order valence-corrected chi connectivity index (χ2v) is 18.8. The summed E-state index contributed by atoms with van der Waals surface area (Å²) in [5.74, 6) is -2.33. The van der Waals surface area contributed by atoms with Crippen LogP contribution >= 0.6 is 0 Å². The quantitative estimate of drug-likeness (QED) is 0.0195. The molecule has 0 aliphatic heterocycles. The van der Waals surface area contributed by atoms with Crippen molar-refractivity contribution in [2.45, 2.75) is 219 Å². The first-order chi connectivity index (χ1) is 32.6. The lowest BCUT2D eigenvalue weighted by Crippen LogP contribution is -2.44. The SMILES string of the molecule is CC/C=C\C/C=C\C/C=C\C/C=C\C/C=C\C/C=C\CCCCCCC(=O)OC(COC(=O)CCCCCCCCCCC/C=C\CCCCCCCC)COC(OCC[N+](C)(C)C)C(=O)[O-]. The summed E-state index contributed by atoms with van der Waals surface area (Å²) in [5.41, 5.74) is 0.